The van der Waals surface area contributed by atoms with Gasteiger partial charge in [-0.2, -0.15) is 0 Å². The molecule has 3 nitrogen and oxygen atoms in total. The molecule has 1 heterocycles. The van der Waals surface area contributed by atoms with E-state index >= 15 is 0 Å². The molecule has 2 N–H and O–H groups in total. The maximum absolute atomic E-state index is 12.3. The number of nitrogens with one attached hydrogen (secondary N) is 1. The van der Waals surface area contributed by atoms with E-state index in [4.69, 9.17) is 11.6 Å². The van der Waals surface area contributed by atoms with E-state index in [-0.39, 0.29) is 11.3 Å². The van der Waals surface area contributed by atoms with Gasteiger partial charge in [0.15, 0.2) is 0 Å². The van der Waals surface area contributed by atoms with Gasteiger partial charge >= 0.3 is 0 Å². The topological polar surface area (TPSA) is 49.3 Å². The van der Waals surface area contributed by atoms with Crippen LogP contribution < -0.4 is 5.32 Å². The van der Waals surface area contributed by atoms with Gasteiger partial charge < -0.3 is 10.4 Å². The lowest BCUT2D eigenvalue weighted by Gasteiger charge is -2.25. The van der Waals surface area contributed by atoms with E-state index in [2.05, 4.69) is 5.32 Å². The molecule has 0 aliphatic heterocycles. The number of aliphatic hydroxyl groups is 1. The minimum absolute atomic E-state index is 0.176. The normalized spacial score (nSPS) is 13.4. The number of halogens is 1. The Hall–Kier alpha value is -1.10. The third-order valence-electron chi connectivity index (χ3n) is 3.69. The highest BCUT2D eigenvalue weighted by Crippen LogP contribution is 2.35. The summed E-state index contributed by atoms with van der Waals surface area (Å²) in [4.78, 5) is 12.8. The van der Waals surface area contributed by atoms with Crippen LogP contribution in [0.15, 0.2) is 18.2 Å². The number of rotatable bonds is 4. The number of benzene rings is 1. The van der Waals surface area contributed by atoms with Crippen LogP contribution >= 0.6 is 22.9 Å². The third kappa shape index (κ3) is 3.80. The zero-order valence-corrected chi connectivity index (χ0v) is 14.9. The Bertz CT molecular complexity index is 688. The Morgan fingerprint density at radius 1 is 1.41 bits per heavy atom. The fourth-order valence-corrected chi connectivity index (χ4v) is 3.69. The Kier molecular flexibility index (Phi) is 5.15. The van der Waals surface area contributed by atoms with Gasteiger partial charge in [0, 0.05) is 16.6 Å². The summed E-state index contributed by atoms with van der Waals surface area (Å²) in [6.07, 6.45) is 0.0740. The molecule has 1 aromatic carbocycles. The van der Waals surface area contributed by atoms with Gasteiger partial charge in [-0.3, -0.25) is 4.79 Å². The van der Waals surface area contributed by atoms with Crippen LogP contribution in [0, 0.1) is 12.3 Å². The number of thiophene rings is 1. The molecule has 120 valence electrons. The third-order valence-corrected chi connectivity index (χ3v) is 5.35. The molecule has 0 fully saturated rings. The molecule has 2 rings (SSSR count). The molecule has 0 radical (unpaired) electrons. The first-order valence-electron chi connectivity index (χ1n) is 7.35. The Morgan fingerprint density at radius 2 is 2.09 bits per heavy atom. The molecule has 0 unspecified atom stereocenters. The monoisotopic (exact) mass is 339 g/mol. The van der Waals surface area contributed by atoms with Gasteiger partial charge in [0.1, 0.15) is 4.88 Å². The second-order valence-corrected chi connectivity index (χ2v) is 8.10. The standard InChI is InChI=1S/C17H22ClNO2S/c1-10-5-6-11-12(9-10)22-15(14(11)18)16(21)19-8-7-13(20)17(2,3)4/h5-6,9,13,20H,7-8H2,1-4H3,(H,19,21)/t13-/m0/s1. The highest BCUT2D eigenvalue weighted by Gasteiger charge is 2.22. The van der Waals surface area contributed by atoms with Crippen LogP contribution in [0.3, 0.4) is 0 Å². The molecule has 0 spiro atoms. The van der Waals surface area contributed by atoms with Crippen LogP contribution in [-0.2, 0) is 0 Å². The van der Waals surface area contributed by atoms with Crippen molar-refractivity contribution in [1.82, 2.24) is 5.32 Å². The SMILES string of the molecule is Cc1ccc2c(Cl)c(C(=O)NCC[C@H](O)C(C)(C)C)sc2c1. The number of amides is 1. The summed E-state index contributed by atoms with van der Waals surface area (Å²) in [5, 5.41) is 14.3. The summed E-state index contributed by atoms with van der Waals surface area (Å²) in [6, 6.07) is 5.97. The number of hydrogen-bond donors (Lipinski definition) is 2. The molecule has 1 atom stereocenters. The number of hydrogen-bond acceptors (Lipinski definition) is 3. The van der Waals surface area contributed by atoms with Crippen LogP contribution in [0.5, 0.6) is 0 Å². The van der Waals surface area contributed by atoms with Gasteiger partial charge in [-0.15, -0.1) is 11.3 Å². The van der Waals surface area contributed by atoms with Crippen molar-refractivity contribution in [1.29, 1.82) is 0 Å². The predicted molar refractivity (Wildman–Crippen MR) is 94.0 cm³/mol. The van der Waals surface area contributed by atoms with Crippen molar-refractivity contribution in [2.24, 2.45) is 5.41 Å². The molecule has 0 bridgehead atoms. The molecule has 0 saturated heterocycles. The first-order chi connectivity index (χ1) is 10.2. The number of aliphatic hydroxyl groups excluding tert-OH is 1. The van der Waals surface area contributed by atoms with Crippen molar-refractivity contribution in [2.45, 2.75) is 40.2 Å². The summed E-state index contributed by atoms with van der Waals surface area (Å²) < 4.78 is 1.02. The van der Waals surface area contributed by atoms with Crippen LogP contribution in [-0.4, -0.2) is 23.7 Å². The summed E-state index contributed by atoms with van der Waals surface area (Å²) in [5.74, 6) is -0.176. The summed E-state index contributed by atoms with van der Waals surface area (Å²) in [7, 11) is 0. The molecule has 1 amide bonds. The number of carbonyl (C=O) groups is 1. The zero-order chi connectivity index (χ0) is 16.5. The summed E-state index contributed by atoms with van der Waals surface area (Å²) in [5.41, 5.74) is 0.961. The van der Waals surface area contributed by atoms with Crippen LogP contribution in [0.1, 0.15) is 42.4 Å². The molecular formula is C17H22ClNO2S. The highest BCUT2D eigenvalue weighted by molar-refractivity contribution is 7.21. The smallest absolute Gasteiger partial charge is 0.262 e. The second kappa shape index (κ2) is 6.57. The van der Waals surface area contributed by atoms with E-state index in [0.29, 0.717) is 22.9 Å². The van der Waals surface area contributed by atoms with Crippen molar-refractivity contribution in [3.63, 3.8) is 0 Å². The lowest BCUT2D eigenvalue weighted by molar-refractivity contribution is 0.0551. The van der Waals surface area contributed by atoms with E-state index in [1.807, 2.05) is 45.9 Å². The molecule has 5 heteroatoms. The van der Waals surface area contributed by atoms with Gasteiger partial charge in [-0.1, -0.05) is 44.5 Å². The molecular weight excluding hydrogens is 318 g/mol. The largest absolute Gasteiger partial charge is 0.393 e. The fourth-order valence-electron chi connectivity index (χ4n) is 2.15. The summed E-state index contributed by atoms with van der Waals surface area (Å²) in [6.45, 7) is 8.38. The summed E-state index contributed by atoms with van der Waals surface area (Å²) >= 11 is 7.72. The molecule has 22 heavy (non-hydrogen) atoms. The first kappa shape index (κ1) is 17.3. The van der Waals surface area contributed by atoms with E-state index in [0.717, 1.165) is 15.6 Å². The molecule has 0 aliphatic rings. The number of fused-ring (bicyclic) bond motifs is 1. The minimum atomic E-state index is -0.451. The van der Waals surface area contributed by atoms with Crippen molar-refractivity contribution < 1.29 is 9.90 Å². The zero-order valence-electron chi connectivity index (χ0n) is 13.4. The maximum atomic E-state index is 12.3. The van der Waals surface area contributed by atoms with Crippen molar-refractivity contribution in [3.8, 4) is 0 Å². The Balaban J connectivity index is 2.06. The molecule has 0 saturated carbocycles. The van der Waals surface area contributed by atoms with Gasteiger partial charge in [0.05, 0.1) is 11.1 Å². The van der Waals surface area contributed by atoms with Crippen molar-refractivity contribution >= 4 is 38.9 Å². The van der Waals surface area contributed by atoms with E-state index in [1.165, 1.54) is 11.3 Å². The fraction of sp³-hybridized carbons (Fsp3) is 0.471. The number of aryl methyl sites for hydroxylation is 1. The average molecular weight is 340 g/mol. The average Bonchev–Trinajstić information content (AvgIpc) is 2.74. The van der Waals surface area contributed by atoms with Crippen molar-refractivity contribution in [2.75, 3.05) is 6.54 Å². The minimum Gasteiger partial charge on any atom is -0.393 e. The highest BCUT2D eigenvalue weighted by atomic mass is 35.5. The Labute approximate surface area is 140 Å². The molecule has 1 aromatic heterocycles. The van der Waals surface area contributed by atoms with Gasteiger partial charge in [-0.25, -0.2) is 0 Å². The van der Waals surface area contributed by atoms with Crippen molar-refractivity contribution in [3.05, 3.63) is 33.7 Å². The Morgan fingerprint density at radius 3 is 2.73 bits per heavy atom. The predicted octanol–water partition coefficient (Wildman–Crippen LogP) is 4.39. The van der Waals surface area contributed by atoms with Crippen LogP contribution in [0.4, 0.5) is 0 Å². The lowest BCUT2D eigenvalue weighted by atomic mass is 9.87. The second-order valence-electron chi connectivity index (χ2n) is 6.67. The molecule has 2 aromatic rings. The van der Waals surface area contributed by atoms with E-state index in [1.54, 1.807) is 0 Å². The van der Waals surface area contributed by atoms with Gasteiger partial charge in [0.25, 0.3) is 5.91 Å². The van der Waals surface area contributed by atoms with Gasteiger partial charge in [-0.05, 0) is 30.4 Å². The number of carbonyl (C=O) groups excluding carboxylic acids is 1. The quantitative estimate of drug-likeness (QED) is 0.867. The maximum Gasteiger partial charge on any atom is 0.262 e. The van der Waals surface area contributed by atoms with E-state index in [9.17, 15) is 9.90 Å². The van der Waals surface area contributed by atoms with Crippen LogP contribution in [0.2, 0.25) is 5.02 Å². The molecule has 0 aliphatic carbocycles. The lowest BCUT2D eigenvalue weighted by Crippen LogP contribution is -2.32. The first-order valence-corrected chi connectivity index (χ1v) is 8.54. The van der Waals surface area contributed by atoms with E-state index < -0.39 is 6.10 Å². The van der Waals surface area contributed by atoms with Gasteiger partial charge in [0.2, 0.25) is 0 Å². The van der Waals surface area contributed by atoms with Crippen LogP contribution in [0.25, 0.3) is 10.1 Å².